The molecule has 1 N–H and O–H groups in total. The molecule has 4 aromatic rings. The van der Waals surface area contributed by atoms with Crippen LogP contribution in [0.4, 0.5) is 11.5 Å². The molecule has 1 heterocycles. The maximum atomic E-state index is 6.17. The van der Waals surface area contributed by atoms with Crippen molar-refractivity contribution >= 4 is 34.0 Å². The number of nitrogens with one attached hydrogen (secondary N) is 1. The lowest BCUT2D eigenvalue weighted by molar-refractivity contribution is 1.22. The highest BCUT2D eigenvalue weighted by Crippen LogP contribution is 2.29. The molecule has 4 heteroatoms. The summed E-state index contributed by atoms with van der Waals surface area (Å²) in [5.41, 5.74) is 3.97. The quantitative estimate of drug-likeness (QED) is 0.494. The molecule has 0 bridgehead atoms. The summed E-state index contributed by atoms with van der Waals surface area (Å²) in [5, 5.41) is 4.99. The summed E-state index contributed by atoms with van der Waals surface area (Å²) in [6.07, 6.45) is 0. The molecule has 0 unspecified atom stereocenters. The Bertz CT molecular complexity index is 1030. The molecule has 1 aromatic heterocycles. The summed E-state index contributed by atoms with van der Waals surface area (Å²) in [7, 11) is 0. The molecule has 25 heavy (non-hydrogen) atoms. The fourth-order valence-corrected chi connectivity index (χ4v) is 2.85. The van der Waals surface area contributed by atoms with Gasteiger partial charge < -0.3 is 5.32 Å². The van der Waals surface area contributed by atoms with E-state index in [0.29, 0.717) is 10.8 Å². The first-order valence-electron chi connectivity index (χ1n) is 8.05. The number of hydrogen-bond donors (Lipinski definition) is 1. The molecule has 0 saturated heterocycles. The van der Waals surface area contributed by atoms with Crippen LogP contribution in [0.5, 0.6) is 0 Å². The second kappa shape index (κ2) is 6.54. The van der Waals surface area contributed by atoms with Crippen LogP contribution < -0.4 is 5.32 Å². The van der Waals surface area contributed by atoms with Crippen LogP contribution in [0.3, 0.4) is 0 Å². The highest BCUT2D eigenvalue weighted by Gasteiger charge is 2.10. The average Bonchev–Trinajstić information content (AvgIpc) is 2.62. The molecule has 3 aromatic carbocycles. The Morgan fingerprint density at radius 3 is 2.36 bits per heavy atom. The van der Waals surface area contributed by atoms with Crippen LogP contribution in [-0.2, 0) is 0 Å². The van der Waals surface area contributed by atoms with Crippen molar-refractivity contribution in [3.63, 3.8) is 0 Å². The van der Waals surface area contributed by atoms with Crippen LogP contribution in [0.2, 0.25) is 5.02 Å². The number of halogens is 1. The van der Waals surface area contributed by atoms with E-state index >= 15 is 0 Å². The van der Waals surface area contributed by atoms with Crippen molar-refractivity contribution in [3.05, 3.63) is 83.4 Å². The van der Waals surface area contributed by atoms with Gasteiger partial charge in [0.1, 0.15) is 5.82 Å². The van der Waals surface area contributed by atoms with Crippen molar-refractivity contribution in [3.8, 4) is 11.4 Å². The van der Waals surface area contributed by atoms with Gasteiger partial charge in [0.15, 0.2) is 5.82 Å². The molecule has 0 saturated carbocycles. The molecule has 0 aliphatic carbocycles. The SMILES string of the molecule is Cc1ccc(-c2nc(Nc3ccccc3)c3ccc(Cl)cc3n2)cc1. The second-order valence-electron chi connectivity index (χ2n) is 5.91. The van der Waals surface area contributed by atoms with Crippen molar-refractivity contribution in [1.82, 2.24) is 9.97 Å². The van der Waals surface area contributed by atoms with E-state index in [4.69, 9.17) is 21.6 Å². The number of aryl methyl sites for hydroxylation is 1. The van der Waals surface area contributed by atoms with Gasteiger partial charge in [0.05, 0.1) is 5.52 Å². The maximum Gasteiger partial charge on any atom is 0.162 e. The molecular weight excluding hydrogens is 330 g/mol. The number of rotatable bonds is 3. The summed E-state index contributed by atoms with van der Waals surface area (Å²) >= 11 is 6.17. The van der Waals surface area contributed by atoms with Gasteiger partial charge in [-0.2, -0.15) is 0 Å². The van der Waals surface area contributed by atoms with E-state index in [2.05, 4.69) is 24.4 Å². The van der Waals surface area contributed by atoms with Crippen LogP contribution in [0.25, 0.3) is 22.3 Å². The number of nitrogens with zero attached hydrogens (tertiary/aromatic N) is 2. The molecule has 0 atom stereocenters. The molecule has 122 valence electrons. The topological polar surface area (TPSA) is 37.8 Å². The summed E-state index contributed by atoms with van der Waals surface area (Å²) in [6.45, 7) is 2.06. The van der Waals surface area contributed by atoms with Gasteiger partial charge in [-0.05, 0) is 37.3 Å². The average molecular weight is 346 g/mol. The normalized spacial score (nSPS) is 10.8. The van der Waals surface area contributed by atoms with Crippen molar-refractivity contribution in [1.29, 1.82) is 0 Å². The number of fused-ring (bicyclic) bond motifs is 1. The van der Waals surface area contributed by atoms with E-state index in [0.717, 1.165) is 28.0 Å². The fraction of sp³-hybridized carbons (Fsp3) is 0.0476. The summed E-state index contributed by atoms with van der Waals surface area (Å²) in [4.78, 5) is 9.46. The lowest BCUT2D eigenvalue weighted by atomic mass is 10.1. The first-order chi connectivity index (χ1) is 12.2. The zero-order chi connectivity index (χ0) is 17.2. The second-order valence-corrected chi connectivity index (χ2v) is 6.35. The van der Waals surface area contributed by atoms with Crippen LogP contribution in [0.1, 0.15) is 5.56 Å². The Hall–Kier alpha value is -2.91. The van der Waals surface area contributed by atoms with Gasteiger partial charge in [-0.25, -0.2) is 9.97 Å². The molecule has 0 aliphatic rings. The Balaban J connectivity index is 1.88. The van der Waals surface area contributed by atoms with Crippen LogP contribution in [-0.4, -0.2) is 9.97 Å². The third kappa shape index (κ3) is 3.32. The summed E-state index contributed by atoms with van der Waals surface area (Å²) in [6, 6.07) is 23.8. The Labute approximate surface area is 151 Å². The minimum Gasteiger partial charge on any atom is -0.340 e. The predicted octanol–water partition coefficient (Wildman–Crippen LogP) is 6.00. The van der Waals surface area contributed by atoms with Crippen LogP contribution >= 0.6 is 11.6 Å². The van der Waals surface area contributed by atoms with Gasteiger partial charge in [-0.1, -0.05) is 59.6 Å². The first kappa shape index (κ1) is 15.6. The molecule has 0 aliphatic heterocycles. The van der Waals surface area contributed by atoms with Gasteiger partial charge in [-0.3, -0.25) is 0 Å². The fourth-order valence-electron chi connectivity index (χ4n) is 2.69. The number of aromatic nitrogens is 2. The minimum absolute atomic E-state index is 0.659. The number of benzene rings is 3. The highest BCUT2D eigenvalue weighted by atomic mass is 35.5. The van der Waals surface area contributed by atoms with E-state index in [1.807, 2.05) is 60.7 Å². The van der Waals surface area contributed by atoms with Gasteiger partial charge in [-0.15, -0.1) is 0 Å². The van der Waals surface area contributed by atoms with Crippen molar-refractivity contribution in [2.24, 2.45) is 0 Å². The Morgan fingerprint density at radius 1 is 0.840 bits per heavy atom. The third-order valence-corrected chi connectivity index (χ3v) is 4.24. The van der Waals surface area contributed by atoms with E-state index in [1.54, 1.807) is 0 Å². The molecule has 0 amide bonds. The molecular formula is C21H16ClN3. The standard InChI is InChI=1S/C21H16ClN3/c1-14-7-9-15(10-8-14)20-24-19-13-16(22)11-12-18(19)21(25-20)23-17-5-3-2-4-6-17/h2-13H,1H3,(H,23,24,25). The summed E-state index contributed by atoms with van der Waals surface area (Å²) in [5.74, 6) is 1.44. The van der Waals surface area contributed by atoms with Gasteiger partial charge in [0.25, 0.3) is 0 Å². The highest BCUT2D eigenvalue weighted by molar-refractivity contribution is 6.31. The maximum absolute atomic E-state index is 6.17. The predicted molar refractivity (Wildman–Crippen MR) is 104 cm³/mol. The van der Waals surface area contributed by atoms with E-state index in [-0.39, 0.29) is 0 Å². The van der Waals surface area contributed by atoms with Crippen molar-refractivity contribution < 1.29 is 0 Å². The molecule has 4 rings (SSSR count). The largest absolute Gasteiger partial charge is 0.340 e. The van der Waals surface area contributed by atoms with E-state index in [1.165, 1.54) is 5.56 Å². The minimum atomic E-state index is 0.659. The van der Waals surface area contributed by atoms with Gasteiger partial charge in [0, 0.05) is 21.7 Å². The molecule has 0 radical (unpaired) electrons. The molecule has 0 spiro atoms. The van der Waals surface area contributed by atoms with Gasteiger partial charge >= 0.3 is 0 Å². The third-order valence-electron chi connectivity index (χ3n) is 4.01. The molecule has 3 nitrogen and oxygen atoms in total. The zero-order valence-electron chi connectivity index (χ0n) is 13.7. The monoisotopic (exact) mass is 345 g/mol. The van der Waals surface area contributed by atoms with E-state index < -0.39 is 0 Å². The lowest BCUT2D eigenvalue weighted by Gasteiger charge is -2.11. The number of anilines is 2. The Kier molecular flexibility index (Phi) is 4.08. The first-order valence-corrected chi connectivity index (χ1v) is 8.43. The molecule has 0 fully saturated rings. The van der Waals surface area contributed by atoms with Crippen molar-refractivity contribution in [2.75, 3.05) is 5.32 Å². The van der Waals surface area contributed by atoms with Gasteiger partial charge in [0.2, 0.25) is 0 Å². The number of hydrogen-bond acceptors (Lipinski definition) is 3. The van der Waals surface area contributed by atoms with E-state index in [9.17, 15) is 0 Å². The van der Waals surface area contributed by atoms with Crippen LogP contribution in [0, 0.1) is 6.92 Å². The number of para-hydroxylation sites is 1. The smallest absolute Gasteiger partial charge is 0.162 e. The lowest BCUT2D eigenvalue weighted by Crippen LogP contribution is -1.99. The zero-order valence-corrected chi connectivity index (χ0v) is 14.5. The van der Waals surface area contributed by atoms with Crippen LogP contribution in [0.15, 0.2) is 72.8 Å². The Morgan fingerprint density at radius 2 is 1.60 bits per heavy atom. The van der Waals surface area contributed by atoms with Crippen molar-refractivity contribution in [2.45, 2.75) is 6.92 Å². The summed E-state index contributed by atoms with van der Waals surface area (Å²) < 4.78 is 0.